The zero-order valence-corrected chi connectivity index (χ0v) is 8.64. The fourth-order valence-electron chi connectivity index (χ4n) is 1.24. The van der Waals surface area contributed by atoms with Gasteiger partial charge in [-0.25, -0.2) is 8.78 Å². The molecule has 3 heteroatoms. The first-order chi connectivity index (χ1) is 6.34. The molecule has 14 heavy (non-hydrogen) atoms. The topological polar surface area (TPSA) is 26.0 Å². The minimum Gasteiger partial charge on any atom is -0.323 e. The Hall–Kier alpha value is -0.960. The summed E-state index contributed by atoms with van der Waals surface area (Å²) in [5.74, 6) is -1.15. The molecule has 0 saturated carbocycles. The summed E-state index contributed by atoms with van der Waals surface area (Å²) < 4.78 is 26.6. The zero-order chi connectivity index (χ0) is 10.9. The summed E-state index contributed by atoms with van der Waals surface area (Å²) in [6.07, 6.45) is 0. The molecule has 0 fully saturated rings. The summed E-state index contributed by atoms with van der Waals surface area (Å²) in [4.78, 5) is 0. The first kappa shape index (κ1) is 11.1. The highest BCUT2D eigenvalue weighted by molar-refractivity contribution is 5.24. The Kier molecular flexibility index (Phi) is 2.90. The van der Waals surface area contributed by atoms with Crippen LogP contribution < -0.4 is 5.73 Å². The zero-order valence-electron chi connectivity index (χ0n) is 8.64. The molecule has 1 nitrogen and oxygen atoms in total. The van der Waals surface area contributed by atoms with Crippen LogP contribution in [0.3, 0.4) is 0 Å². The summed E-state index contributed by atoms with van der Waals surface area (Å²) >= 11 is 0. The molecule has 2 N–H and O–H groups in total. The third-order valence-corrected chi connectivity index (χ3v) is 2.24. The Morgan fingerprint density at radius 2 is 1.57 bits per heavy atom. The summed E-state index contributed by atoms with van der Waals surface area (Å²) in [7, 11) is 0. The molecular formula is C11H15F2N. The van der Waals surface area contributed by atoms with Crippen LogP contribution in [0.15, 0.2) is 18.2 Å². The molecule has 0 amide bonds. The molecule has 0 saturated heterocycles. The van der Waals surface area contributed by atoms with Crippen LogP contribution in [0.2, 0.25) is 0 Å². The quantitative estimate of drug-likeness (QED) is 0.739. The molecule has 1 aromatic rings. The van der Waals surface area contributed by atoms with Crippen molar-refractivity contribution < 1.29 is 8.78 Å². The Morgan fingerprint density at radius 1 is 1.14 bits per heavy atom. The predicted octanol–water partition coefficient (Wildman–Crippen LogP) is 3.01. The SMILES string of the molecule is CC(C)(C)[C@H](N)c1c(F)cccc1F. The van der Waals surface area contributed by atoms with E-state index in [4.69, 9.17) is 5.73 Å². The molecule has 0 aliphatic carbocycles. The molecule has 0 aromatic heterocycles. The van der Waals surface area contributed by atoms with E-state index in [9.17, 15) is 8.78 Å². The summed E-state index contributed by atoms with van der Waals surface area (Å²) in [5.41, 5.74) is 5.41. The van der Waals surface area contributed by atoms with E-state index in [2.05, 4.69) is 0 Å². The van der Waals surface area contributed by atoms with Crippen LogP contribution in [0.4, 0.5) is 8.78 Å². The minimum absolute atomic E-state index is 0.0278. The smallest absolute Gasteiger partial charge is 0.130 e. The van der Waals surface area contributed by atoms with Crippen LogP contribution in [0.25, 0.3) is 0 Å². The monoisotopic (exact) mass is 199 g/mol. The van der Waals surface area contributed by atoms with Gasteiger partial charge < -0.3 is 5.73 Å². The molecule has 0 aliphatic heterocycles. The Labute approximate surface area is 82.9 Å². The van der Waals surface area contributed by atoms with Crippen molar-refractivity contribution in [1.82, 2.24) is 0 Å². The lowest BCUT2D eigenvalue weighted by atomic mass is 9.82. The lowest BCUT2D eigenvalue weighted by Crippen LogP contribution is -2.28. The lowest BCUT2D eigenvalue weighted by Gasteiger charge is -2.27. The van der Waals surface area contributed by atoms with Crippen molar-refractivity contribution in [1.29, 1.82) is 0 Å². The first-order valence-corrected chi connectivity index (χ1v) is 4.53. The highest BCUT2D eigenvalue weighted by Crippen LogP contribution is 2.33. The lowest BCUT2D eigenvalue weighted by molar-refractivity contribution is 0.310. The van der Waals surface area contributed by atoms with Gasteiger partial charge in [-0.3, -0.25) is 0 Å². The van der Waals surface area contributed by atoms with Gasteiger partial charge in [0.25, 0.3) is 0 Å². The minimum atomic E-state index is -0.635. The van der Waals surface area contributed by atoms with E-state index >= 15 is 0 Å². The molecule has 0 radical (unpaired) electrons. The molecule has 1 aromatic carbocycles. The molecule has 0 bridgehead atoms. The van der Waals surface area contributed by atoms with Crippen molar-refractivity contribution in [3.05, 3.63) is 35.4 Å². The van der Waals surface area contributed by atoms with Gasteiger partial charge in [-0.05, 0) is 17.5 Å². The van der Waals surface area contributed by atoms with Crippen LogP contribution in [0.1, 0.15) is 32.4 Å². The van der Waals surface area contributed by atoms with Gasteiger partial charge in [-0.15, -0.1) is 0 Å². The van der Waals surface area contributed by atoms with Gasteiger partial charge in [-0.1, -0.05) is 26.8 Å². The number of hydrogen-bond acceptors (Lipinski definition) is 1. The molecule has 0 aliphatic rings. The Balaban J connectivity index is 3.19. The van der Waals surface area contributed by atoms with Crippen molar-refractivity contribution >= 4 is 0 Å². The number of nitrogens with two attached hydrogens (primary N) is 1. The van der Waals surface area contributed by atoms with Gasteiger partial charge in [-0.2, -0.15) is 0 Å². The van der Waals surface area contributed by atoms with E-state index in [1.54, 1.807) is 0 Å². The molecule has 78 valence electrons. The van der Waals surface area contributed by atoms with E-state index < -0.39 is 17.7 Å². The van der Waals surface area contributed by atoms with E-state index in [-0.39, 0.29) is 11.0 Å². The summed E-state index contributed by atoms with van der Waals surface area (Å²) in [6, 6.07) is 3.15. The molecule has 0 spiro atoms. The third kappa shape index (κ3) is 2.10. The molecule has 0 unspecified atom stereocenters. The van der Waals surface area contributed by atoms with Crippen molar-refractivity contribution in [2.24, 2.45) is 11.1 Å². The second-order valence-corrected chi connectivity index (χ2v) is 4.48. The Morgan fingerprint density at radius 3 is 1.93 bits per heavy atom. The number of benzene rings is 1. The van der Waals surface area contributed by atoms with Crippen LogP contribution in [-0.2, 0) is 0 Å². The summed E-state index contributed by atoms with van der Waals surface area (Å²) in [5, 5.41) is 0. The van der Waals surface area contributed by atoms with Crippen molar-refractivity contribution in [2.45, 2.75) is 26.8 Å². The van der Waals surface area contributed by atoms with Crippen molar-refractivity contribution in [3.63, 3.8) is 0 Å². The summed E-state index contributed by atoms with van der Waals surface area (Å²) in [6.45, 7) is 5.55. The van der Waals surface area contributed by atoms with Crippen LogP contribution in [0.5, 0.6) is 0 Å². The highest BCUT2D eigenvalue weighted by atomic mass is 19.1. The van der Waals surface area contributed by atoms with Crippen molar-refractivity contribution in [2.75, 3.05) is 0 Å². The van der Waals surface area contributed by atoms with E-state index in [0.29, 0.717) is 0 Å². The van der Waals surface area contributed by atoms with E-state index in [0.717, 1.165) is 0 Å². The van der Waals surface area contributed by atoms with Gasteiger partial charge in [0.15, 0.2) is 0 Å². The van der Waals surface area contributed by atoms with E-state index in [1.165, 1.54) is 18.2 Å². The fourth-order valence-corrected chi connectivity index (χ4v) is 1.24. The molecular weight excluding hydrogens is 184 g/mol. The second-order valence-electron chi connectivity index (χ2n) is 4.48. The maximum atomic E-state index is 13.3. The van der Waals surface area contributed by atoms with Gasteiger partial charge in [0, 0.05) is 11.6 Å². The normalized spacial score (nSPS) is 14.1. The average Bonchev–Trinajstić information content (AvgIpc) is 2.01. The number of halogens is 2. The standard InChI is InChI=1S/C11H15F2N/c1-11(2,3)10(14)9-7(12)5-4-6-8(9)13/h4-6,10H,14H2,1-3H3/t10-/m1/s1. The molecule has 0 heterocycles. The molecule has 1 rings (SSSR count). The van der Waals surface area contributed by atoms with Gasteiger partial charge in [0.05, 0.1) is 0 Å². The van der Waals surface area contributed by atoms with Crippen LogP contribution in [0, 0.1) is 17.0 Å². The Bertz CT molecular complexity index is 308. The van der Waals surface area contributed by atoms with Gasteiger partial charge >= 0.3 is 0 Å². The van der Waals surface area contributed by atoms with E-state index in [1.807, 2.05) is 20.8 Å². The van der Waals surface area contributed by atoms with Crippen LogP contribution in [-0.4, -0.2) is 0 Å². The highest BCUT2D eigenvalue weighted by Gasteiger charge is 2.27. The predicted molar refractivity (Wildman–Crippen MR) is 52.7 cm³/mol. The number of rotatable bonds is 1. The maximum Gasteiger partial charge on any atom is 0.130 e. The number of hydrogen-bond donors (Lipinski definition) is 1. The van der Waals surface area contributed by atoms with Crippen molar-refractivity contribution in [3.8, 4) is 0 Å². The average molecular weight is 199 g/mol. The largest absolute Gasteiger partial charge is 0.323 e. The second kappa shape index (κ2) is 3.65. The third-order valence-electron chi connectivity index (χ3n) is 2.24. The van der Waals surface area contributed by atoms with Gasteiger partial charge in [0.2, 0.25) is 0 Å². The van der Waals surface area contributed by atoms with Crippen LogP contribution >= 0.6 is 0 Å². The molecule has 1 atom stereocenters. The first-order valence-electron chi connectivity index (χ1n) is 4.53. The maximum absolute atomic E-state index is 13.3. The fraction of sp³-hybridized carbons (Fsp3) is 0.455. The van der Waals surface area contributed by atoms with Gasteiger partial charge in [0.1, 0.15) is 11.6 Å².